The highest BCUT2D eigenvalue weighted by Gasteiger charge is 2.31. The second-order valence-electron chi connectivity index (χ2n) is 6.20. The number of hydrogen-bond acceptors (Lipinski definition) is 4. The van der Waals surface area contributed by atoms with Gasteiger partial charge in [-0.3, -0.25) is 4.90 Å². The molecule has 1 rings (SSSR count). The average molecular weight is 290 g/mol. The molecule has 2 unspecified atom stereocenters. The van der Waals surface area contributed by atoms with Crippen LogP contribution in [-0.4, -0.2) is 56.5 Å². The Morgan fingerprint density at radius 3 is 2.53 bits per heavy atom. The van der Waals surface area contributed by atoms with Gasteiger partial charge in [-0.2, -0.15) is 0 Å². The van der Waals surface area contributed by atoms with Gasteiger partial charge < -0.3 is 5.32 Å². The highest BCUT2D eigenvalue weighted by atomic mass is 32.2. The van der Waals surface area contributed by atoms with Gasteiger partial charge in [0, 0.05) is 25.2 Å². The molecule has 0 saturated carbocycles. The molecule has 114 valence electrons. The molecular weight excluding hydrogens is 260 g/mol. The topological polar surface area (TPSA) is 49.4 Å². The molecule has 0 aromatic rings. The SMILES string of the molecule is CCCC(CNCC(C)C)N1CCS(=O)(=O)CC1C. The van der Waals surface area contributed by atoms with Crippen LogP contribution in [0.3, 0.4) is 0 Å². The lowest BCUT2D eigenvalue weighted by molar-refractivity contribution is 0.145. The second kappa shape index (κ2) is 7.60. The Hall–Kier alpha value is -0.130. The average Bonchev–Trinajstić information content (AvgIpc) is 2.26. The summed E-state index contributed by atoms with van der Waals surface area (Å²) in [6.07, 6.45) is 2.28. The van der Waals surface area contributed by atoms with Gasteiger partial charge in [0.05, 0.1) is 11.5 Å². The van der Waals surface area contributed by atoms with Crippen LogP contribution in [0, 0.1) is 5.92 Å². The van der Waals surface area contributed by atoms with Crippen molar-refractivity contribution in [2.45, 2.75) is 52.6 Å². The zero-order valence-electron chi connectivity index (χ0n) is 12.9. The third-order valence-electron chi connectivity index (χ3n) is 3.75. The van der Waals surface area contributed by atoms with E-state index in [4.69, 9.17) is 0 Å². The summed E-state index contributed by atoms with van der Waals surface area (Å²) >= 11 is 0. The van der Waals surface area contributed by atoms with E-state index in [0.29, 0.717) is 30.0 Å². The van der Waals surface area contributed by atoms with Gasteiger partial charge in [-0.15, -0.1) is 0 Å². The standard InChI is InChI=1S/C14H30N2O2S/c1-5-6-14(10-15-9-12(2)3)16-7-8-19(17,18)11-13(16)4/h12-15H,5-11H2,1-4H3. The molecule has 4 nitrogen and oxygen atoms in total. The van der Waals surface area contributed by atoms with Gasteiger partial charge in [0.1, 0.15) is 0 Å². The molecule has 1 N–H and O–H groups in total. The Kier molecular flexibility index (Phi) is 6.77. The molecule has 1 aliphatic heterocycles. The maximum atomic E-state index is 11.6. The lowest BCUT2D eigenvalue weighted by Gasteiger charge is -2.39. The molecule has 0 radical (unpaired) electrons. The predicted molar refractivity (Wildman–Crippen MR) is 81.2 cm³/mol. The molecule has 1 fully saturated rings. The van der Waals surface area contributed by atoms with E-state index in [1.54, 1.807) is 0 Å². The highest BCUT2D eigenvalue weighted by Crippen LogP contribution is 2.17. The van der Waals surface area contributed by atoms with E-state index < -0.39 is 9.84 Å². The van der Waals surface area contributed by atoms with E-state index in [0.717, 1.165) is 25.9 Å². The number of nitrogens with one attached hydrogen (secondary N) is 1. The van der Waals surface area contributed by atoms with Crippen LogP contribution in [0.5, 0.6) is 0 Å². The Labute approximate surface area is 118 Å². The molecule has 19 heavy (non-hydrogen) atoms. The summed E-state index contributed by atoms with van der Waals surface area (Å²) in [4.78, 5) is 2.39. The lowest BCUT2D eigenvalue weighted by atomic mass is 10.1. The summed E-state index contributed by atoms with van der Waals surface area (Å²) in [6, 6.07) is 0.616. The van der Waals surface area contributed by atoms with Crippen molar-refractivity contribution in [2.75, 3.05) is 31.1 Å². The van der Waals surface area contributed by atoms with Crippen LogP contribution in [0.15, 0.2) is 0 Å². The van der Waals surface area contributed by atoms with Gasteiger partial charge >= 0.3 is 0 Å². The largest absolute Gasteiger partial charge is 0.315 e. The van der Waals surface area contributed by atoms with E-state index in [1.807, 2.05) is 6.92 Å². The maximum Gasteiger partial charge on any atom is 0.153 e. The van der Waals surface area contributed by atoms with Gasteiger partial charge in [-0.05, 0) is 25.8 Å². The van der Waals surface area contributed by atoms with Crippen molar-refractivity contribution in [3.8, 4) is 0 Å². The van der Waals surface area contributed by atoms with Crippen LogP contribution in [0.2, 0.25) is 0 Å². The fourth-order valence-corrected chi connectivity index (χ4v) is 4.39. The van der Waals surface area contributed by atoms with Gasteiger partial charge in [-0.25, -0.2) is 8.42 Å². The molecule has 0 spiro atoms. The van der Waals surface area contributed by atoms with Crippen molar-refractivity contribution in [2.24, 2.45) is 5.92 Å². The molecule has 0 bridgehead atoms. The molecular formula is C14H30N2O2S. The van der Waals surface area contributed by atoms with Gasteiger partial charge in [0.25, 0.3) is 0 Å². The van der Waals surface area contributed by atoms with Crippen LogP contribution in [0.1, 0.15) is 40.5 Å². The van der Waals surface area contributed by atoms with Crippen molar-refractivity contribution < 1.29 is 8.42 Å². The van der Waals surface area contributed by atoms with Gasteiger partial charge in [0.2, 0.25) is 0 Å². The summed E-state index contributed by atoms with van der Waals surface area (Å²) < 4.78 is 23.3. The summed E-state index contributed by atoms with van der Waals surface area (Å²) in [6.45, 7) is 11.3. The Bertz CT molecular complexity index is 354. The van der Waals surface area contributed by atoms with Crippen LogP contribution in [0.4, 0.5) is 0 Å². The first-order valence-corrected chi connectivity index (χ1v) is 9.34. The first-order valence-electron chi connectivity index (χ1n) is 7.52. The molecule has 1 aliphatic rings. The summed E-state index contributed by atoms with van der Waals surface area (Å²) in [7, 11) is -2.81. The van der Waals surface area contributed by atoms with E-state index >= 15 is 0 Å². The summed E-state index contributed by atoms with van der Waals surface area (Å²) in [5, 5.41) is 3.52. The molecule has 0 aliphatic carbocycles. The normalized spacial score (nSPS) is 25.6. The highest BCUT2D eigenvalue weighted by molar-refractivity contribution is 7.91. The van der Waals surface area contributed by atoms with Gasteiger partial charge in [-0.1, -0.05) is 27.2 Å². The number of sulfone groups is 1. The van der Waals surface area contributed by atoms with Crippen LogP contribution in [-0.2, 0) is 9.84 Å². The van der Waals surface area contributed by atoms with E-state index in [1.165, 1.54) is 0 Å². The zero-order chi connectivity index (χ0) is 14.5. The first kappa shape index (κ1) is 16.9. The van der Waals surface area contributed by atoms with E-state index in [2.05, 4.69) is 31.0 Å². The van der Waals surface area contributed by atoms with Crippen molar-refractivity contribution in [1.82, 2.24) is 10.2 Å². The van der Waals surface area contributed by atoms with Crippen LogP contribution in [0.25, 0.3) is 0 Å². The Morgan fingerprint density at radius 1 is 1.32 bits per heavy atom. The Balaban J connectivity index is 2.55. The lowest BCUT2D eigenvalue weighted by Crippen LogP contribution is -2.54. The second-order valence-corrected chi connectivity index (χ2v) is 8.42. The first-order chi connectivity index (χ1) is 8.85. The summed E-state index contributed by atoms with van der Waals surface area (Å²) in [5.74, 6) is 1.29. The molecule has 2 atom stereocenters. The van der Waals surface area contributed by atoms with Crippen LogP contribution < -0.4 is 5.32 Å². The van der Waals surface area contributed by atoms with Crippen molar-refractivity contribution in [1.29, 1.82) is 0 Å². The quantitative estimate of drug-likeness (QED) is 0.772. The fourth-order valence-electron chi connectivity index (χ4n) is 2.81. The number of nitrogens with zero attached hydrogens (tertiary/aromatic N) is 1. The van der Waals surface area contributed by atoms with Crippen molar-refractivity contribution >= 4 is 9.84 Å². The molecule has 5 heteroatoms. The van der Waals surface area contributed by atoms with Gasteiger partial charge in [0.15, 0.2) is 9.84 Å². The van der Waals surface area contributed by atoms with Crippen LogP contribution >= 0.6 is 0 Å². The monoisotopic (exact) mass is 290 g/mol. The smallest absolute Gasteiger partial charge is 0.153 e. The molecule has 0 aromatic carbocycles. The van der Waals surface area contributed by atoms with E-state index in [-0.39, 0.29) is 6.04 Å². The Morgan fingerprint density at radius 2 is 2.00 bits per heavy atom. The number of hydrogen-bond donors (Lipinski definition) is 1. The fraction of sp³-hybridized carbons (Fsp3) is 1.00. The van der Waals surface area contributed by atoms with E-state index in [9.17, 15) is 8.42 Å². The predicted octanol–water partition coefficient (Wildman–Crippen LogP) is 1.52. The van der Waals surface area contributed by atoms with Crippen molar-refractivity contribution in [3.63, 3.8) is 0 Å². The minimum atomic E-state index is -2.81. The molecule has 0 amide bonds. The molecule has 1 saturated heterocycles. The number of rotatable bonds is 7. The minimum absolute atomic E-state index is 0.149. The van der Waals surface area contributed by atoms with Crippen molar-refractivity contribution in [3.05, 3.63) is 0 Å². The molecule has 0 aromatic heterocycles. The zero-order valence-corrected chi connectivity index (χ0v) is 13.7. The minimum Gasteiger partial charge on any atom is -0.315 e. The third-order valence-corrected chi connectivity index (χ3v) is 5.54. The maximum absolute atomic E-state index is 11.6. The third kappa shape index (κ3) is 5.79. The molecule has 1 heterocycles. The summed E-state index contributed by atoms with van der Waals surface area (Å²) in [5.41, 5.74) is 0.